The van der Waals surface area contributed by atoms with Crippen molar-refractivity contribution in [3.05, 3.63) is 41.1 Å². The quantitative estimate of drug-likeness (QED) is 0.774. The molecule has 0 radical (unpaired) electrons. The van der Waals surface area contributed by atoms with E-state index in [1.165, 1.54) is 21.1 Å². The molecule has 3 rings (SSSR count). The molecule has 2 aromatic rings. The molecule has 1 N–H and O–H groups in total. The minimum Gasteiger partial charge on any atom is -0.379 e. The molecule has 1 aromatic carbocycles. The van der Waals surface area contributed by atoms with Crippen LogP contribution < -0.4 is 5.32 Å². The van der Waals surface area contributed by atoms with Gasteiger partial charge in [-0.3, -0.25) is 9.48 Å². The first-order valence-electron chi connectivity index (χ1n) is 7.61. The smallest absolute Gasteiger partial charge is 0.246 e. The predicted molar refractivity (Wildman–Crippen MR) is 94.6 cm³/mol. The van der Waals surface area contributed by atoms with Gasteiger partial charge in [0.25, 0.3) is 0 Å². The molecule has 1 amide bonds. The number of morpholine rings is 1. The zero-order chi connectivity index (χ0) is 17.9. The fraction of sp³-hybridized carbons (Fsp3) is 0.333. The molecular formula is C15H17BrN4O4S. The third kappa shape index (κ3) is 4.46. The molecule has 1 aliphatic rings. The lowest BCUT2D eigenvalue weighted by Gasteiger charge is -2.26. The molecule has 10 heteroatoms. The maximum Gasteiger partial charge on any atom is 0.246 e. The van der Waals surface area contributed by atoms with E-state index in [2.05, 4.69) is 26.3 Å². The van der Waals surface area contributed by atoms with Crippen molar-refractivity contribution in [2.24, 2.45) is 0 Å². The number of ether oxygens (including phenoxy) is 1. The summed E-state index contributed by atoms with van der Waals surface area (Å²) in [5.41, 5.74) is 0.422. The standard InChI is InChI=1S/C15H17BrN4O4S/c16-12-9-17-19(10-12)11-15(21)18-13-2-1-3-14(8-13)25(22,23)20-4-6-24-7-5-20/h1-3,8-10H,4-7,11H2,(H,18,21). The fourth-order valence-corrected chi connectivity index (χ4v) is 4.23. The largest absolute Gasteiger partial charge is 0.379 e. The zero-order valence-corrected chi connectivity index (χ0v) is 15.7. The van der Waals surface area contributed by atoms with E-state index in [0.717, 1.165) is 4.47 Å². The number of hydrogen-bond acceptors (Lipinski definition) is 5. The Kier molecular flexibility index (Phi) is 5.52. The second kappa shape index (κ2) is 7.65. The first kappa shape index (κ1) is 18.1. The lowest BCUT2D eigenvalue weighted by Crippen LogP contribution is -2.40. The van der Waals surface area contributed by atoms with E-state index in [1.807, 2.05) is 0 Å². The first-order chi connectivity index (χ1) is 11.9. The second-order valence-electron chi connectivity index (χ2n) is 5.45. The van der Waals surface area contributed by atoms with Crippen LogP contribution in [0.3, 0.4) is 0 Å². The molecule has 0 unspecified atom stereocenters. The first-order valence-corrected chi connectivity index (χ1v) is 9.84. The minimum atomic E-state index is -3.60. The van der Waals surface area contributed by atoms with Crippen molar-refractivity contribution in [1.29, 1.82) is 0 Å². The Hall–Kier alpha value is -1.75. The molecule has 8 nitrogen and oxygen atoms in total. The van der Waals surface area contributed by atoms with Gasteiger partial charge < -0.3 is 10.1 Å². The Balaban J connectivity index is 1.71. The summed E-state index contributed by atoms with van der Waals surface area (Å²) in [5.74, 6) is -0.295. The summed E-state index contributed by atoms with van der Waals surface area (Å²) in [6.07, 6.45) is 3.27. The topological polar surface area (TPSA) is 93.5 Å². The predicted octanol–water partition coefficient (Wildman–Crippen LogP) is 1.31. The highest BCUT2D eigenvalue weighted by Crippen LogP contribution is 2.20. The maximum absolute atomic E-state index is 12.7. The number of benzene rings is 1. The van der Waals surface area contributed by atoms with Gasteiger partial charge in [0.15, 0.2) is 0 Å². The van der Waals surface area contributed by atoms with Gasteiger partial charge in [-0.2, -0.15) is 9.40 Å². The Morgan fingerprint density at radius 1 is 1.32 bits per heavy atom. The lowest BCUT2D eigenvalue weighted by atomic mass is 10.3. The van der Waals surface area contributed by atoms with Gasteiger partial charge in [-0.25, -0.2) is 8.42 Å². The molecule has 1 saturated heterocycles. The van der Waals surface area contributed by atoms with Gasteiger partial charge >= 0.3 is 0 Å². The summed E-state index contributed by atoms with van der Waals surface area (Å²) in [4.78, 5) is 12.2. The van der Waals surface area contributed by atoms with Crippen LogP contribution in [0.4, 0.5) is 5.69 Å². The van der Waals surface area contributed by atoms with Crippen LogP contribution in [0.25, 0.3) is 0 Å². The summed E-state index contributed by atoms with van der Waals surface area (Å²) in [6, 6.07) is 6.23. The molecular weight excluding hydrogens is 412 g/mol. The number of nitrogens with zero attached hydrogens (tertiary/aromatic N) is 3. The Labute approximate surface area is 153 Å². The van der Waals surface area contributed by atoms with Crippen molar-refractivity contribution in [2.75, 3.05) is 31.6 Å². The van der Waals surface area contributed by atoms with Crippen molar-refractivity contribution in [2.45, 2.75) is 11.4 Å². The van der Waals surface area contributed by atoms with E-state index in [0.29, 0.717) is 32.0 Å². The number of hydrogen-bond donors (Lipinski definition) is 1. The molecule has 0 bridgehead atoms. The average molecular weight is 429 g/mol. The lowest BCUT2D eigenvalue weighted by molar-refractivity contribution is -0.116. The minimum absolute atomic E-state index is 0.0338. The van der Waals surface area contributed by atoms with Crippen LogP contribution in [0.1, 0.15) is 0 Å². The molecule has 0 aliphatic carbocycles. The molecule has 2 heterocycles. The number of carbonyl (C=O) groups excluding carboxylic acids is 1. The van der Waals surface area contributed by atoms with Gasteiger partial charge in [0.1, 0.15) is 6.54 Å². The number of halogens is 1. The summed E-state index contributed by atoms with van der Waals surface area (Å²) in [6.45, 7) is 1.45. The van der Waals surface area contributed by atoms with Crippen LogP contribution in [-0.2, 0) is 26.1 Å². The molecule has 0 spiro atoms. The number of carbonyl (C=O) groups is 1. The number of aromatic nitrogens is 2. The average Bonchev–Trinajstić information content (AvgIpc) is 3.00. The van der Waals surface area contributed by atoms with Crippen LogP contribution in [0.5, 0.6) is 0 Å². The number of anilines is 1. The highest BCUT2D eigenvalue weighted by molar-refractivity contribution is 9.10. The second-order valence-corrected chi connectivity index (χ2v) is 8.30. The monoisotopic (exact) mass is 428 g/mol. The number of nitrogens with one attached hydrogen (secondary N) is 1. The molecule has 1 aromatic heterocycles. The third-order valence-corrected chi connectivity index (χ3v) is 5.94. The number of sulfonamides is 1. The van der Waals surface area contributed by atoms with E-state index < -0.39 is 10.0 Å². The molecule has 25 heavy (non-hydrogen) atoms. The van der Waals surface area contributed by atoms with Crippen molar-refractivity contribution in [3.63, 3.8) is 0 Å². The Bertz CT molecular complexity index is 862. The van der Waals surface area contributed by atoms with Gasteiger partial charge in [-0.05, 0) is 34.1 Å². The van der Waals surface area contributed by atoms with E-state index >= 15 is 0 Å². The fourth-order valence-electron chi connectivity index (χ4n) is 2.44. The van der Waals surface area contributed by atoms with Crippen LogP contribution in [0, 0.1) is 0 Å². The third-order valence-electron chi connectivity index (χ3n) is 3.63. The normalized spacial score (nSPS) is 15.9. The van der Waals surface area contributed by atoms with Crippen LogP contribution in [0.15, 0.2) is 46.0 Å². The highest BCUT2D eigenvalue weighted by Gasteiger charge is 2.26. The van der Waals surface area contributed by atoms with E-state index in [9.17, 15) is 13.2 Å². The van der Waals surface area contributed by atoms with Gasteiger partial charge in [-0.1, -0.05) is 6.07 Å². The summed E-state index contributed by atoms with van der Waals surface area (Å²) < 4.78 is 34.1. The van der Waals surface area contributed by atoms with Gasteiger partial charge in [-0.15, -0.1) is 0 Å². The summed E-state index contributed by atoms with van der Waals surface area (Å²) >= 11 is 3.26. The van der Waals surface area contributed by atoms with Crippen molar-refractivity contribution < 1.29 is 17.9 Å². The van der Waals surface area contributed by atoms with Crippen LogP contribution >= 0.6 is 15.9 Å². The summed E-state index contributed by atoms with van der Waals surface area (Å²) in [5, 5.41) is 6.70. The van der Waals surface area contributed by atoms with Crippen molar-refractivity contribution >= 4 is 37.5 Å². The van der Waals surface area contributed by atoms with Gasteiger partial charge in [0.05, 0.1) is 28.8 Å². The van der Waals surface area contributed by atoms with Crippen molar-refractivity contribution in [3.8, 4) is 0 Å². The Morgan fingerprint density at radius 2 is 2.08 bits per heavy atom. The van der Waals surface area contributed by atoms with Gasteiger partial charge in [0.2, 0.25) is 15.9 Å². The molecule has 1 aliphatic heterocycles. The van der Waals surface area contributed by atoms with Gasteiger partial charge in [0, 0.05) is 25.0 Å². The number of amides is 1. The molecule has 134 valence electrons. The van der Waals surface area contributed by atoms with Crippen LogP contribution in [0.2, 0.25) is 0 Å². The van der Waals surface area contributed by atoms with Crippen LogP contribution in [-0.4, -0.2) is 54.7 Å². The Morgan fingerprint density at radius 3 is 2.76 bits per heavy atom. The SMILES string of the molecule is O=C(Cn1cc(Br)cn1)Nc1cccc(S(=O)(=O)N2CCOCC2)c1. The molecule has 1 fully saturated rings. The number of rotatable bonds is 5. The van der Waals surface area contributed by atoms with E-state index in [4.69, 9.17) is 4.74 Å². The van der Waals surface area contributed by atoms with Crippen molar-refractivity contribution in [1.82, 2.24) is 14.1 Å². The van der Waals surface area contributed by atoms with E-state index in [1.54, 1.807) is 24.5 Å². The molecule has 0 saturated carbocycles. The highest BCUT2D eigenvalue weighted by atomic mass is 79.9. The van der Waals surface area contributed by atoms with E-state index in [-0.39, 0.29) is 17.3 Å². The molecule has 0 atom stereocenters. The summed E-state index contributed by atoms with van der Waals surface area (Å²) in [7, 11) is -3.60. The zero-order valence-electron chi connectivity index (χ0n) is 13.3. The maximum atomic E-state index is 12.7.